The molecule has 0 aromatic carbocycles. The molecule has 15 heavy (non-hydrogen) atoms. The van der Waals surface area contributed by atoms with Crippen molar-refractivity contribution in [1.82, 2.24) is 0 Å². The van der Waals surface area contributed by atoms with E-state index in [-0.39, 0.29) is 36.5 Å². The maximum absolute atomic E-state index is 10.7. The van der Waals surface area contributed by atoms with Gasteiger partial charge in [0.1, 0.15) is 0 Å². The molecular weight excluding hydrogens is 187 g/mol. The fourth-order valence-corrected chi connectivity index (χ4v) is 0.652. The number of ketones is 1. The molecule has 4 heteroatoms. The normalized spacial score (nSPS) is 10.1. The minimum atomic E-state index is -0.221. The molecule has 0 fully saturated rings. The Morgan fingerprint density at radius 1 is 1.47 bits per heavy atom. The molecule has 0 rings (SSSR count). The monoisotopic (exact) mass is 206 g/mol. The van der Waals surface area contributed by atoms with E-state index < -0.39 is 0 Å². The van der Waals surface area contributed by atoms with Gasteiger partial charge in [0, 0.05) is 0 Å². The average Bonchev–Trinajstić information content (AvgIpc) is 2.11. The molecule has 0 radical (unpaired) electrons. The number of methoxy groups -OCH3 is 1. The number of Topliss-reactive ketones (excluding diaryl/α,β-unsaturated/α-hetero) is 1. The predicted molar refractivity (Wildman–Crippen MR) is 56.1 cm³/mol. The number of hydrogen-bond acceptors (Lipinski definition) is 3. The van der Waals surface area contributed by atoms with Gasteiger partial charge in [-0.2, -0.15) is 13.3 Å². The third kappa shape index (κ3) is 19.9. The van der Waals surface area contributed by atoms with Gasteiger partial charge in [-0.1, -0.05) is 12.3 Å². The topological polar surface area (TPSA) is 43.4 Å². The summed E-state index contributed by atoms with van der Waals surface area (Å²) in [7, 11) is 1.39. The molecule has 0 aliphatic carbocycles. The van der Waals surface area contributed by atoms with Gasteiger partial charge in [-0.15, -0.1) is 0 Å². The molecule has 1 unspecified atom stereocenters. The summed E-state index contributed by atoms with van der Waals surface area (Å²) in [6.45, 7) is 10.0. The van der Waals surface area contributed by atoms with Crippen molar-refractivity contribution in [1.29, 1.82) is 0 Å². The van der Waals surface area contributed by atoms with Crippen LogP contribution in [0.3, 0.4) is 0 Å². The minimum absolute atomic E-state index is 0. The largest absolute Gasteiger partial charge is 1.00 e. The van der Waals surface area contributed by atoms with Crippen molar-refractivity contribution >= 4 is 11.8 Å². The molecule has 0 spiro atoms. The van der Waals surface area contributed by atoms with E-state index in [0.717, 1.165) is 12.8 Å². The van der Waals surface area contributed by atoms with Crippen molar-refractivity contribution in [2.24, 2.45) is 5.92 Å². The standard InChI is InChI=1S/C8H14O2.C3H5O.Li/c1-4-5-6-7(2)8(9)10-3;1-3(2)4;/h4,7H,2,5-6H2,1,3H3;1H2,2H3;/q-2;-1;+1. The summed E-state index contributed by atoms with van der Waals surface area (Å²) in [5.41, 5.74) is 0. The van der Waals surface area contributed by atoms with E-state index >= 15 is 0 Å². The van der Waals surface area contributed by atoms with Crippen LogP contribution in [0.1, 0.15) is 26.7 Å². The summed E-state index contributed by atoms with van der Waals surface area (Å²) < 4.78 is 4.49. The average molecular weight is 206 g/mol. The van der Waals surface area contributed by atoms with Gasteiger partial charge in [-0.25, -0.2) is 0 Å². The summed E-state index contributed by atoms with van der Waals surface area (Å²) >= 11 is 0. The zero-order valence-corrected chi connectivity index (χ0v) is 10.2. The number of carbonyl (C=O) groups excluding carboxylic acids is 2. The van der Waals surface area contributed by atoms with Gasteiger partial charge in [-0.05, 0) is 12.7 Å². The van der Waals surface area contributed by atoms with E-state index in [4.69, 9.17) is 0 Å². The van der Waals surface area contributed by atoms with Gasteiger partial charge in [0.15, 0.2) is 0 Å². The van der Waals surface area contributed by atoms with Gasteiger partial charge in [-0.3, -0.25) is 4.79 Å². The van der Waals surface area contributed by atoms with Crippen molar-refractivity contribution in [2.75, 3.05) is 7.11 Å². The maximum atomic E-state index is 10.7. The van der Waals surface area contributed by atoms with Crippen LogP contribution in [0.15, 0.2) is 0 Å². The molecule has 3 nitrogen and oxygen atoms in total. The first kappa shape index (κ1) is 20.1. The van der Waals surface area contributed by atoms with E-state index in [1.165, 1.54) is 14.0 Å². The molecule has 0 heterocycles. The van der Waals surface area contributed by atoms with Crippen LogP contribution in [-0.2, 0) is 14.3 Å². The van der Waals surface area contributed by atoms with Crippen molar-refractivity contribution in [3.63, 3.8) is 0 Å². The van der Waals surface area contributed by atoms with Gasteiger partial charge >= 0.3 is 18.9 Å². The van der Waals surface area contributed by atoms with Crippen LogP contribution < -0.4 is 18.9 Å². The Bertz CT molecular complexity index is 165. The molecule has 1 atom stereocenters. The Balaban J connectivity index is -0.000000249. The number of hydrogen-bond donors (Lipinski definition) is 0. The minimum Gasteiger partial charge on any atom is -0.471 e. The quantitative estimate of drug-likeness (QED) is 0.337. The number of carbonyl (C=O) groups is 2. The van der Waals surface area contributed by atoms with E-state index in [2.05, 4.69) is 18.6 Å². The molecule has 0 saturated heterocycles. The molecule has 0 aromatic heterocycles. The molecule has 0 saturated carbocycles. The smallest absolute Gasteiger partial charge is 0.471 e. The SMILES string of the molecule is [CH2-]C(C)=O.[CH2-]C(CC[CH-]C)C(=O)OC.[Li+]. The second-order valence-corrected chi connectivity index (χ2v) is 2.91. The Hall–Kier alpha value is -0.393. The number of esters is 1. The molecule has 0 amide bonds. The predicted octanol–water partition coefficient (Wildman–Crippen LogP) is -0.972. The number of rotatable bonds is 4. The van der Waals surface area contributed by atoms with Crippen LogP contribution in [-0.4, -0.2) is 18.9 Å². The van der Waals surface area contributed by atoms with Crippen LogP contribution >= 0.6 is 0 Å². The third-order valence-corrected chi connectivity index (χ3v) is 1.34. The molecule has 0 aromatic rings. The summed E-state index contributed by atoms with van der Waals surface area (Å²) in [6, 6.07) is 0. The van der Waals surface area contributed by atoms with Crippen molar-refractivity contribution in [3.05, 3.63) is 20.3 Å². The summed E-state index contributed by atoms with van der Waals surface area (Å²) in [5.74, 6) is -0.511. The van der Waals surface area contributed by atoms with Crippen LogP contribution in [0.5, 0.6) is 0 Å². The Morgan fingerprint density at radius 2 is 1.87 bits per heavy atom. The zero-order chi connectivity index (χ0) is 11.6. The van der Waals surface area contributed by atoms with Gasteiger partial charge in [0.2, 0.25) is 0 Å². The second-order valence-electron chi connectivity index (χ2n) is 2.91. The van der Waals surface area contributed by atoms with Crippen LogP contribution in [0.2, 0.25) is 0 Å². The first-order valence-corrected chi connectivity index (χ1v) is 4.46. The van der Waals surface area contributed by atoms with Gasteiger partial charge in [0.05, 0.1) is 7.11 Å². The zero-order valence-electron chi connectivity index (χ0n) is 10.2. The fourth-order valence-electron chi connectivity index (χ4n) is 0.652. The number of ether oxygens (including phenoxy) is 1. The van der Waals surface area contributed by atoms with Crippen molar-refractivity contribution in [2.45, 2.75) is 26.7 Å². The first-order valence-electron chi connectivity index (χ1n) is 4.46. The van der Waals surface area contributed by atoms with Crippen LogP contribution in [0, 0.1) is 26.2 Å². The Morgan fingerprint density at radius 3 is 2.13 bits per heavy atom. The second kappa shape index (κ2) is 13.6. The number of unbranched alkanes of at least 4 members (excludes halogenated alkanes) is 1. The molecule has 0 aliphatic heterocycles. The molecule has 84 valence electrons. The van der Waals surface area contributed by atoms with E-state index in [1.54, 1.807) is 0 Å². The van der Waals surface area contributed by atoms with E-state index in [9.17, 15) is 9.59 Å². The fraction of sp³-hybridized carbons (Fsp3) is 0.545. The Kier molecular flexibility index (Phi) is 18.2. The van der Waals surface area contributed by atoms with Gasteiger partial charge in [0.25, 0.3) is 5.97 Å². The first-order chi connectivity index (χ1) is 6.45. The maximum Gasteiger partial charge on any atom is 1.00 e. The molecular formula is C11H19LiO3-2. The van der Waals surface area contributed by atoms with E-state index in [0.29, 0.717) is 0 Å². The van der Waals surface area contributed by atoms with Crippen molar-refractivity contribution < 1.29 is 33.2 Å². The summed E-state index contributed by atoms with van der Waals surface area (Å²) in [6.07, 6.45) is 3.72. The van der Waals surface area contributed by atoms with Crippen LogP contribution in [0.25, 0.3) is 0 Å². The van der Waals surface area contributed by atoms with Crippen molar-refractivity contribution in [3.8, 4) is 0 Å². The van der Waals surface area contributed by atoms with Crippen LogP contribution in [0.4, 0.5) is 0 Å². The molecule has 0 bridgehead atoms. The third-order valence-electron chi connectivity index (χ3n) is 1.34. The Labute approximate surface area is 105 Å². The summed E-state index contributed by atoms with van der Waals surface area (Å²) in [5, 5.41) is 0. The van der Waals surface area contributed by atoms with Gasteiger partial charge < -0.3 is 29.8 Å². The summed E-state index contributed by atoms with van der Waals surface area (Å²) in [4.78, 5) is 20.1. The molecule has 0 N–H and O–H groups in total. The van der Waals surface area contributed by atoms with E-state index in [1.807, 2.05) is 13.3 Å². The molecule has 0 aliphatic rings.